The first-order chi connectivity index (χ1) is 14.2. The van der Waals surface area contributed by atoms with E-state index in [1.54, 1.807) is 0 Å². The molecule has 0 spiro atoms. The second-order valence-electron chi connectivity index (χ2n) is 7.21. The summed E-state index contributed by atoms with van der Waals surface area (Å²) in [6, 6.07) is 0. The predicted molar refractivity (Wildman–Crippen MR) is 145 cm³/mol. The Labute approximate surface area is 204 Å². The van der Waals surface area contributed by atoms with Crippen molar-refractivity contribution in [3.63, 3.8) is 0 Å². The van der Waals surface area contributed by atoms with E-state index in [0.29, 0.717) is 0 Å². The minimum Gasteiger partial charge on any atom is -0.325 e. The highest BCUT2D eigenvalue weighted by Crippen LogP contribution is 2.26. The fourth-order valence-corrected chi connectivity index (χ4v) is 2.03. The summed E-state index contributed by atoms with van der Waals surface area (Å²) in [5.74, 6) is 0. The SMILES string of the molecule is CCCCCCC.CCCCCCC.CCCCCCC.OP(O)(O)=S.OP(O)(O)=S. The molecular weight excluding hydrogens is 474 g/mol. The fourth-order valence-electron chi connectivity index (χ4n) is 2.03. The highest BCUT2D eigenvalue weighted by Gasteiger charge is 1.92. The van der Waals surface area contributed by atoms with Crippen LogP contribution in [0.15, 0.2) is 0 Å². The molecule has 0 radical (unpaired) electrons. The van der Waals surface area contributed by atoms with Crippen molar-refractivity contribution in [2.24, 2.45) is 0 Å². The largest absolute Gasteiger partial charge is 0.325 e. The lowest BCUT2D eigenvalue weighted by atomic mass is 10.2. The van der Waals surface area contributed by atoms with Gasteiger partial charge in [0.1, 0.15) is 0 Å². The zero-order chi connectivity index (χ0) is 25.6. The average molecular weight is 529 g/mol. The van der Waals surface area contributed by atoms with Crippen molar-refractivity contribution in [1.29, 1.82) is 0 Å². The van der Waals surface area contributed by atoms with Gasteiger partial charge < -0.3 is 29.4 Å². The van der Waals surface area contributed by atoms with Crippen LogP contribution in [0.25, 0.3) is 0 Å². The Morgan fingerprint density at radius 2 is 0.452 bits per heavy atom. The van der Waals surface area contributed by atoms with Gasteiger partial charge in [0.25, 0.3) is 0 Å². The van der Waals surface area contributed by atoms with Crippen LogP contribution in [0.3, 0.4) is 0 Å². The van der Waals surface area contributed by atoms with Crippen LogP contribution < -0.4 is 0 Å². The van der Waals surface area contributed by atoms with Crippen LogP contribution in [0, 0.1) is 0 Å². The summed E-state index contributed by atoms with van der Waals surface area (Å²) >= 11 is 7.21. The summed E-state index contributed by atoms with van der Waals surface area (Å²) in [7, 11) is 0. The number of hydrogen-bond acceptors (Lipinski definition) is 2. The van der Waals surface area contributed by atoms with Gasteiger partial charge in [-0.25, -0.2) is 0 Å². The van der Waals surface area contributed by atoms with Crippen LogP contribution in [0.4, 0.5) is 0 Å². The van der Waals surface area contributed by atoms with Gasteiger partial charge in [-0.05, 0) is 23.6 Å². The van der Waals surface area contributed by atoms with Crippen molar-refractivity contribution < 1.29 is 29.4 Å². The van der Waals surface area contributed by atoms with Gasteiger partial charge in [0.2, 0.25) is 0 Å². The fraction of sp³-hybridized carbons (Fsp3) is 1.00. The molecule has 0 saturated heterocycles. The zero-order valence-electron chi connectivity index (χ0n) is 21.0. The van der Waals surface area contributed by atoms with Crippen LogP contribution in [0.5, 0.6) is 0 Å². The Balaban J connectivity index is -0.0000000917. The van der Waals surface area contributed by atoms with Gasteiger partial charge in [0, 0.05) is 0 Å². The Morgan fingerprint density at radius 1 is 0.355 bits per heavy atom. The van der Waals surface area contributed by atoms with Gasteiger partial charge in [-0.15, -0.1) is 0 Å². The van der Waals surface area contributed by atoms with Crippen molar-refractivity contribution in [3.8, 4) is 0 Å². The molecule has 0 aliphatic carbocycles. The normalized spacial score (nSPS) is 10.2. The van der Waals surface area contributed by atoms with Gasteiger partial charge in [0.15, 0.2) is 0 Å². The maximum Gasteiger partial charge on any atom is 0.319 e. The second kappa shape index (κ2) is 35.6. The first-order valence-corrected chi connectivity index (χ1v) is 17.1. The number of hydrogen-bond donors (Lipinski definition) is 6. The van der Waals surface area contributed by atoms with E-state index in [-0.39, 0.29) is 0 Å². The van der Waals surface area contributed by atoms with Gasteiger partial charge in [0.05, 0.1) is 0 Å². The molecule has 10 heteroatoms. The third kappa shape index (κ3) is 154. The molecule has 196 valence electrons. The Hall–Kier alpha value is 1.06. The van der Waals surface area contributed by atoms with Gasteiger partial charge in [-0.3, -0.25) is 0 Å². The summed E-state index contributed by atoms with van der Waals surface area (Å²) in [6.07, 6.45) is 21.0. The van der Waals surface area contributed by atoms with Crippen molar-refractivity contribution in [2.45, 2.75) is 138 Å². The Kier molecular flexibility index (Phi) is 48.6. The molecule has 0 unspecified atom stereocenters. The summed E-state index contributed by atoms with van der Waals surface area (Å²) in [5, 5.41) is 0. The van der Waals surface area contributed by atoms with Crippen LogP contribution >= 0.6 is 13.4 Å². The molecule has 0 aliphatic heterocycles. The van der Waals surface area contributed by atoms with E-state index in [1.165, 1.54) is 96.3 Å². The number of unbranched alkanes of at least 4 members (excludes halogenated alkanes) is 12. The molecule has 0 rings (SSSR count). The van der Waals surface area contributed by atoms with E-state index in [0.717, 1.165) is 0 Å². The van der Waals surface area contributed by atoms with E-state index in [1.807, 2.05) is 0 Å². The van der Waals surface area contributed by atoms with Gasteiger partial charge >= 0.3 is 13.4 Å². The molecule has 0 aromatic heterocycles. The van der Waals surface area contributed by atoms with Gasteiger partial charge in [-0.2, -0.15) is 0 Å². The monoisotopic (exact) mass is 528 g/mol. The maximum atomic E-state index is 7.56. The lowest BCUT2D eigenvalue weighted by Gasteiger charge is -1.90. The summed E-state index contributed by atoms with van der Waals surface area (Å²) in [4.78, 5) is 45.3. The minimum atomic E-state index is -3.81. The van der Waals surface area contributed by atoms with Gasteiger partial charge in [-0.1, -0.05) is 138 Å². The molecule has 0 aromatic carbocycles. The molecule has 0 aliphatic rings. The highest BCUT2D eigenvalue weighted by molar-refractivity contribution is 8.06. The Bertz CT molecular complexity index is 305. The molecule has 6 nitrogen and oxygen atoms in total. The third-order valence-corrected chi connectivity index (χ3v) is 3.62. The first-order valence-electron chi connectivity index (χ1n) is 11.8. The van der Waals surface area contributed by atoms with Crippen molar-refractivity contribution in [2.75, 3.05) is 0 Å². The summed E-state index contributed by atoms with van der Waals surface area (Å²) < 4.78 is 0. The van der Waals surface area contributed by atoms with Crippen LogP contribution in [0.2, 0.25) is 0 Å². The zero-order valence-corrected chi connectivity index (χ0v) is 24.4. The standard InChI is InChI=1S/3C7H16.2H3O3PS/c3*1-3-5-7-6-4-2;2*1-4(2,3)5/h3*3-7H2,1-2H3;2*(H3,1,2,3,5). The lowest BCUT2D eigenvalue weighted by Crippen LogP contribution is -1.70. The summed E-state index contributed by atoms with van der Waals surface area (Å²) in [5.41, 5.74) is 0. The molecule has 0 atom stereocenters. The smallest absolute Gasteiger partial charge is 0.319 e. The summed E-state index contributed by atoms with van der Waals surface area (Å²) in [6.45, 7) is 5.86. The van der Waals surface area contributed by atoms with E-state index in [2.05, 4.69) is 65.2 Å². The van der Waals surface area contributed by atoms with Crippen LogP contribution in [-0.2, 0) is 23.6 Å². The molecule has 6 N–H and O–H groups in total. The number of rotatable bonds is 12. The minimum absolute atomic E-state index is 1.36. The lowest BCUT2D eigenvalue weighted by molar-refractivity contribution is 0.361. The quantitative estimate of drug-likeness (QED) is 0.115. The topological polar surface area (TPSA) is 121 Å². The molecule has 0 bridgehead atoms. The predicted octanol–water partition coefficient (Wildman–Crippen LogP) is 7.31. The Morgan fingerprint density at radius 3 is 0.516 bits per heavy atom. The van der Waals surface area contributed by atoms with E-state index in [4.69, 9.17) is 29.4 Å². The van der Waals surface area contributed by atoms with E-state index in [9.17, 15) is 0 Å². The molecule has 0 amide bonds. The average Bonchev–Trinajstić information content (AvgIpc) is 2.62. The first kappa shape index (κ1) is 42.2. The second-order valence-corrected chi connectivity index (χ2v) is 12.2. The highest BCUT2D eigenvalue weighted by atomic mass is 32.5. The van der Waals surface area contributed by atoms with Crippen molar-refractivity contribution in [1.82, 2.24) is 0 Å². The molecule has 0 heterocycles. The van der Waals surface area contributed by atoms with E-state index >= 15 is 0 Å². The third-order valence-electron chi connectivity index (χ3n) is 3.62. The molecular formula is C21H54O6P2S2. The molecule has 0 fully saturated rings. The molecule has 0 saturated carbocycles. The molecule has 0 aromatic rings. The van der Waals surface area contributed by atoms with Crippen molar-refractivity contribution in [3.05, 3.63) is 0 Å². The van der Waals surface area contributed by atoms with Crippen LogP contribution in [0.1, 0.15) is 138 Å². The molecule has 31 heavy (non-hydrogen) atoms. The van der Waals surface area contributed by atoms with Crippen LogP contribution in [-0.4, -0.2) is 29.4 Å². The van der Waals surface area contributed by atoms with Crippen molar-refractivity contribution >= 4 is 37.1 Å². The maximum absolute atomic E-state index is 7.56. The van der Waals surface area contributed by atoms with E-state index < -0.39 is 13.4 Å².